The Morgan fingerprint density at radius 2 is 2.20 bits per heavy atom. The van der Waals surface area contributed by atoms with Crippen LogP contribution in [0.4, 0.5) is 5.82 Å². The summed E-state index contributed by atoms with van der Waals surface area (Å²) in [6, 6.07) is 3.97. The Morgan fingerprint density at radius 3 is 2.90 bits per heavy atom. The van der Waals surface area contributed by atoms with Gasteiger partial charge in [0, 0.05) is 18.5 Å². The topological polar surface area (TPSA) is 68.2 Å². The van der Waals surface area contributed by atoms with Crippen molar-refractivity contribution < 1.29 is 4.52 Å². The molecule has 0 aliphatic heterocycles. The number of aryl methyl sites for hydroxylation is 1. The first-order valence-electron chi connectivity index (χ1n) is 6.64. The van der Waals surface area contributed by atoms with E-state index in [2.05, 4.69) is 40.5 Å². The van der Waals surface area contributed by atoms with Gasteiger partial charge in [0.25, 0.3) is 0 Å². The lowest BCUT2D eigenvalue weighted by Gasteiger charge is -2.04. The molecule has 3 aromatic heterocycles. The van der Waals surface area contributed by atoms with Crippen LogP contribution < -0.4 is 5.32 Å². The summed E-state index contributed by atoms with van der Waals surface area (Å²) in [4.78, 5) is 4.37. The normalized spacial score (nSPS) is 11.4. The van der Waals surface area contributed by atoms with Crippen molar-refractivity contribution in [2.45, 2.75) is 33.2 Å². The minimum atomic E-state index is 0.389. The summed E-state index contributed by atoms with van der Waals surface area (Å²) in [6.07, 6.45) is 3.59. The van der Waals surface area contributed by atoms with Crippen molar-refractivity contribution in [3.8, 4) is 0 Å². The van der Waals surface area contributed by atoms with Crippen LogP contribution in [0.5, 0.6) is 0 Å². The molecule has 6 nitrogen and oxygen atoms in total. The number of fused-ring (bicyclic) bond motifs is 1. The van der Waals surface area contributed by atoms with Gasteiger partial charge in [-0.1, -0.05) is 19.0 Å². The third-order valence-corrected chi connectivity index (χ3v) is 3.11. The highest BCUT2D eigenvalue weighted by Gasteiger charge is 2.10. The smallest absolute Gasteiger partial charge is 0.156 e. The lowest BCUT2D eigenvalue weighted by Crippen LogP contribution is -2.02. The fourth-order valence-electron chi connectivity index (χ4n) is 2.03. The van der Waals surface area contributed by atoms with Gasteiger partial charge in [-0.3, -0.25) is 0 Å². The number of hydrogen-bond acceptors (Lipinski definition) is 5. The van der Waals surface area contributed by atoms with Crippen LogP contribution in [0.1, 0.15) is 36.9 Å². The second-order valence-electron chi connectivity index (χ2n) is 5.12. The Balaban J connectivity index is 1.87. The molecule has 0 aliphatic rings. The Labute approximate surface area is 116 Å². The summed E-state index contributed by atoms with van der Waals surface area (Å²) in [5.74, 6) is 1.97. The number of aromatic nitrogens is 4. The van der Waals surface area contributed by atoms with E-state index in [9.17, 15) is 0 Å². The molecule has 0 aliphatic carbocycles. The summed E-state index contributed by atoms with van der Waals surface area (Å²) < 4.78 is 7.02. The van der Waals surface area contributed by atoms with E-state index in [-0.39, 0.29) is 0 Å². The van der Waals surface area contributed by atoms with E-state index in [0.29, 0.717) is 12.5 Å². The summed E-state index contributed by atoms with van der Waals surface area (Å²) in [5.41, 5.74) is 2.89. The molecule has 0 radical (unpaired) electrons. The van der Waals surface area contributed by atoms with E-state index < -0.39 is 0 Å². The van der Waals surface area contributed by atoms with Gasteiger partial charge in [0.05, 0.1) is 17.9 Å². The predicted octanol–water partition coefficient (Wildman–Crippen LogP) is 2.76. The van der Waals surface area contributed by atoms with E-state index in [1.807, 2.05) is 23.7 Å². The van der Waals surface area contributed by atoms with Crippen molar-refractivity contribution in [1.29, 1.82) is 0 Å². The van der Waals surface area contributed by atoms with Crippen LogP contribution in [0.3, 0.4) is 0 Å². The molecule has 1 N–H and O–H groups in total. The number of nitrogens with zero attached hydrogens (tertiary/aromatic N) is 4. The molecular weight excluding hydrogens is 254 g/mol. The third-order valence-electron chi connectivity index (χ3n) is 3.11. The molecule has 0 atom stereocenters. The van der Waals surface area contributed by atoms with Gasteiger partial charge in [-0.05, 0) is 18.9 Å². The highest BCUT2D eigenvalue weighted by atomic mass is 16.5. The van der Waals surface area contributed by atoms with Crippen molar-refractivity contribution in [2.75, 3.05) is 5.32 Å². The van der Waals surface area contributed by atoms with Gasteiger partial charge >= 0.3 is 0 Å². The second-order valence-corrected chi connectivity index (χ2v) is 5.12. The number of anilines is 1. The Hall–Kier alpha value is -2.37. The highest BCUT2D eigenvalue weighted by molar-refractivity contribution is 5.67. The van der Waals surface area contributed by atoms with Crippen LogP contribution in [0.25, 0.3) is 5.52 Å². The molecule has 0 saturated carbocycles. The van der Waals surface area contributed by atoms with Crippen LogP contribution in [0.2, 0.25) is 0 Å². The molecule has 104 valence electrons. The van der Waals surface area contributed by atoms with Crippen LogP contribution in [-0.2, 0) is 6.54 Å². The minimum absolute atomic E-state index is 0.389. The van der Waals surface area contributed by atoms with Crippen LogP contribution in [-0.4, -0.2) is 19.8 Å². The van der Waals surface area contributed by atoms with Crippen LogP contribution in [0.15, 0.2) is 29.0 Å². The fraction of sp³-hybridized carbons (Fsp3) is 0.357. The molecular formula is C14H17N5O. The van der Waals surface area contributed by atoms with Crippen molar-refractivity contribution in [2.24, 2.45) is 0 Å². The first-order valence-corrected chi connectivity index (χ1v) is 6.64. The SMILES string of the molecule is Cc1cc(CNc2nccn3nc(C(C)C)cc23)on1. The zero-order valence-electron chi connectivity index (χ0n) is 11.8. The van der Waals surface area contributed by atoms with Gasteiger partial charge in [-0.25, -0.2) is 9.50 Å². The standard InChI is InChI=1S/C14H17N5O/c1-9(2)12-7-13-14(15-4-5-19(13)17-12)16-8-11-6-10(3)18-20-11/h4-7,9H,8H2,1-3H3,(H,15,16). The van der Waals surface area contributed by atoms with Crippen molar-refractivity contribution >= 4 is 11.3 Å². The summed E-state index contributed by atoms with van der Waals surface area (Å²) in [5, 5.41) is 11.7. The van der Waals surface area contributed by atoms with Gasteiger partial charge in [0.1, 0.15) is 5.52 Å². The maximum absolute atomic E-state index is 5.18. The summed E-state index contributed by atoms with van der Waals surface area (Å²) >= 11 is 0. The van der Waals surface area contributed by atoms with Gasteiger partial charge in [-0.15, -0.1) is 0 Å². The van der Waals surface area contributed by atoms with E-state index in [1.54, 1.807) is 6.20 Å². The molecule has 0 fully saturated rings. The van der Waals surface area contributed by atoms with Crippen molar-refractivity contribution in [1.82, 2.24) is 19.8 Å². The zero-order valence-corrected chi connectivity index (χ0v) is 11.8. The average Bonchev–Trinajstić information content (AvgIpc) is 3.02. The summed E-state index contributed by atoms with van der Waals surface area (Å²) in [7, 11) is 0. The molecule has 0 unspecified atom stereocenters. The first-order chi connectivity index (χ1) is 9.63. The molecule has 20 heavy (non-hydrogen) atoms. The van der Waals surface area contributed by atoms with E-state index in [4.69, 9.17) is 4.52 Å². The lowest BCUT2D eigenvalue weighted by molar-refractivity contribution is 0.384. The monoisotopic (exact) mass is 271 g/mol. The number of hydrogen-bond donors (Lipinski definition) is 1. The summed E-state index contributed by atoms with van der Waals surface area (Å²) in [6.45, 7) is 6.70. The largest absolute Gasteiger partial charge is 0.361 e. The maximum atomic E-state index is 5.18. The van der Waals surface area contributed by atoms with Gasteiger partial charge in [0.2, 0.25) is 0 Å². The van der Waals surface area contributed by atoms with Gasteiger partial charge in [-0.2, -0.15) is 5.10 Å². The minimum Gasteiger partial charge on any atom is -0.361 e. The third kappa shape index (κ3) is 2.36. The number of nitrogens with one attached hydrogen (secondary N) is 1. The molecule has 0 aromatic carbocycles. The molecule has 0 saturated heterocycles. The highest BCUT2D eigenvalue weighted by Crippen LogP contribution is 2.20. The van der Waals surface area contributed by atoms with Crippen LogP contribution >= 0.6 is 0 Å². The molecule has 0 spiro atoms. The van der Waals surface area contributed by atoms with Crippen LogP contribution in [0, 0.1) is 6.92 Å². The average molecular weight is 271 g/mol. The van der Waals surface area contributed by atoms with Gasteiger partial charge < -0.3 is 9.84 Å². The first kappa shape index (κ1) is 12.7. The quantitative estimate of drug-likeness (QED) is 0.790. The molecule has 6 heteroatoms. The maximum Gasteiger partial charge on any atom is 0.156 e. The molecule has 3 aromatic rings. The van der Waals surface area contributed by atoms with E-state index in [0.717, 1.165) is 28.5 Å². The number of rotatable bonds is 4. The molecule has 0 bridgehead atoms. The zero-order chi connectivity index (χ0) is 14.1. The Bertz CT molecular complexity index is 728. The lowest BCUT2D eigenvalue weighted by atomic mass is 10.1. The Kier molecular flexibility index (Phi) is 3.14. The van der Waals surface area contributed by atoms with Gasteiger partial charge in [0.15, 0.2) is 11.6 Å². The molecule has 3 rings (SSSR count). The van der Waals surface area contributed by atoms with E-state index >= 15 is 0 Å². The second kappa shape index (κ2) is 4.96. The Morgan fingerprint density at radius 1 is 1.35 bits per heavy atom. The predicted molar refractivity (Wildman–Crippen MR) is 75.6 cm³/mol. The van der Waals surface area contributed by atoms with Crippen molar-refractivity contribution in [3.63, 3.8) is 0 Å². The fourth-order valence-corrected chi connectivity index (χ4v) is 2.03. The van der Waals surface area contributed by atoms with Crippen molar-refractivity contribution in [3.05, 3.63) is 41.7 Å². The van der Waals surface area contributed by atoms with E-state index in [1.165, 1.54) is 0 Å². The molecule has 0 amide bonds. The molecule has 3 heterocycles.